The summed E-state index contributed by atoms with van der Waals surface area (Å²) in [6.07, 6.45) is 1.26. The molecule has 1 aliphatic rings. The Bertz CT molecular complexity index is 1210. The number of anilines is 1. The minimum atomic E-state index is -4.73. The second kappa shape index (κ2) is 8.54. The summed E-state index contributed by atoms with van der Waals surface area (Å²) in [4.78, 5) is 25.3. The molecule has 176 valence electrons. The number of hydrogen-bond donors (Lipinski definition) is 2. The van der Waals surface area contributed by atoms with E-state index in [9.17, 15) is 22.8 Å². The Morgan fingerprint density at radius 2 is 1.94 bits per heavy atom. The lowest BCUT2D eigenvalue weighted by Crippen LogP contribution is -2.27. The summed E-state index contributed by atoms with van der Waals surface area (Å²) in [5.74, 6) is -1.32. The van der Waals surface area contributed by atoms with Gasteiger partial charge in [-0.25, -0.2) is 0 Å². The van der Waals surface area contributed by atoms with Gasteiger partial charge in [0.1, 0.15) is 12.2 Å². The highest BCUT2D eigenvalue weighted by Crippen LogP contribution is 2.46. The smallest absolute Gasteiger partial charge is 0.346 e. The predicted octanol–water partition coefficient (Wildman–Crippen LogP) is 2.47. The Morgan fingerprint density at radius 3 is 2.55 bits per heavy atom. The van der Waals surface area contributed by atoms with Crippen molar-refractivity contribution in [2.45, 2.75) is 38.0 Å². The molecule has 1 fully saturated rings. The number of rotatable bonds is 7. The third-order valence-corrected chi connectivity index (χ3v) is 5.47. The molecule has 14 heteroatoms. The van der Waals surface area contributed by atoms with Crippen LogP contribution in [-0.4, -0.2) is 41.2 Å². The number of aryl methyl sites for hydroxylation is 2. The van der Waals surface area contributed by atoms with Crippen molar-refractivity contribution < 1.29 is 22.8 Å². The maximum Gasteiger partial charge on any atom is 0.436 e. The molecule has 0 radical (unpaired) electrons. The van der Waals surface area contributed by atoms with Gasteiger partial charge in [0.15, 0.2) is 5.69 Å². The van der Waals surface area contributed by atoms with E-state index >= 15 is 0 Å². The third kappa shape index (κ3) is 4.87. The van der Waals surface area contributed by atoms with Crippen molar-refractivity contribution in [3.63, 3.8) is 0 Å². The average molecular weight is 485 g/mol. The van der Waals surface area contributed by atoms with Gasteiger partial charge in [-0.15, -0.1) is 0 Å². The molecule has 3 aromatic rings. The van der Waals surface area contributed by atoms with Crippen molar-refractivity contribution in [1.29, 1.82) is 0 Å². The first-order chi connectivity index (χ1) is 15.5. The van der Waals surface area contributed by atoms with Crippen LogP contribution in [-0.2, 0) is 38.2 Å². The van der Waals surface area contributed by atoms with Crippen molar-refractivity contribution in [1.82, 2.24) is 34.7 Å². The fourth-order valence-corrected chi connectivity index (χ4v) is 3.85. The number of carbonyl (C=O) groups excluding carboxylic acids is 2. The summed E-state index contributed by atoms with van der Waals surface area (Å²) in [5.41, 5.74) is -0.0321. The summed E-state index contributed by atoms with van der Waals surface area (Å²) in [6.45, 7) is -0.282. The first-order valence-corrected chi connectivity index (χ1v) is 10.3. The summed E-state index contributed by atoms with van der Waals surface area (Å²) in [5, 5.41) is 16.3. The van der Waals surface area contributed by atoms with Crippen LogP contribution < -0.4 is 10.6 Å². The summed E-state index contributed by atoms with van der Waals surface area (Å²) >= 11 is 5.94. The molecule has 3 aromatic heterocycles. The number of amides is 2. The van der Waals surface area contributed by atoms with Gasteiger partial charge < -0.3 is 10.6 Å². The van der Waals surface area contributed by atoms with Crippen LogP contribution in [0.1, 0.15) is 46.2 Å². The Hall–Kier alpha value is -3.35. The molecule has 33 heavy (non-hydrogen) atoms. The normalized spacial score (nSPS) is 13.9. The summed E-state index contributed by atoms with van der Waals surface area (Å²) in [7, 11) is 3.28. The molecule has 1 aliphatic carbocycles. The van der Waals surface area contributed by atoms with E-state index < -0.39 is 35.3 Å². The number of nitrogens with one attached hydrogen (secondary N) is 2. The molecule has 2 N–H and O–H groups in total. The van der Waals surface area contributed by atoms with E-state index in [1.54, 1.807) is 24.1 Å². The first-order valence-electron chi connectivity index (χ1n) is 9.95. The Balaban J connectivity index is 1.48. The molecular formula is C19H20ClF3N8O2. The highest BCUT2D eigenvalue weighted by molar-refractivity contribution is 6.32. The van der Waals surface area contributed by atoms with Gasteiger partial charge in [0.2, 0.25) is 5.91 Å². The molecule has 4 rings (SSSR count). The first kappa shape index (κ1) is 22.8. The van der Waals surface area contributed by atoms with Crippen LogP contribution >= 0.6 is 11.6 Å². The average Bonchev–Trinajstić information content (AvgIpc) is 3.23. The zero-order valence-electron chi connectivity index (χ0n) is 17.6. The third-order valence-electron chi connectivity index (χ3n) is 5.10. The van der Waals surface area contributed by atoms with Crippen molar-refractivity contribution >= 4 is 29.1 Å². The number of alkyl halides is 3. The lowest BCUT2D eigenvalue weighted by atomic mass is 10.2. The molecule has 2 amide bonds. The Kier molecular flexibility index (Phi) is 5.91. The van der Waals surface area contributed by atoms with Crippen LogP contribution in [0.5, 0.6) is 0 Å². The number of carbonyl (C=O) groups is 2. The van der Waals surface area contributed by atoms with Gasteiger partial charge in [-0.3, -0.25) is 23.6 Å². The molecule has 3 heterocycles. The van der Waals surface area contributed by atoms with Gasteiger partial charge in [0.25, 0.3) is 5.91 Å². The van der Waals surface area contributed by atoms with Crippen LogP contribution in [0, 0.1) is 0 Å². The predicted molar refractivity (Wildman–Crippen MR) is 110 cm³/mol. The molecule has 0 aromatic carbocycles. The van der Waals surface area contributed by atoms with E-state index in [-0.39, 0.29) is 29.5 Å². The minimum Gasteiger partial charge on any atom is -0.346 e. The van der Waals surface area contributed by atoms with E-state index in [1.807, 2.05) is 0 Å². The monoisotopic (exact) mass is 484 g/mol. The lowest BCUT2D eigenvalue weighted by molar-refractivity contribution is -0.141. The van der Waals surface area contributed by atoms with Gasteiger partial charge in [-0.05, 0) is 12.8 Å². The van der Waals surface area contributed by atoms with Gasteiger partial charge in [0.05, 0.1) is 28.8 Å². The molecule has 0 unspecified atom stereocenters. The highest BCUT2D eigenvalue weighted by Gasteiger charge is 2.42. The fourth-order valence-electron chi connectivity index (χ4n) is 3.45. The summed E-state index contributed by atoms with van der Waals surface area (Å²) in [6, 6.07) is 0. The maximum atomic E-state index is 13.2. The van der Waals surface area contributed by atoms with Crippen LogP contribution in [0.4, 0.5) is 18.9 Å². The quantitative estimate of drug-likeness (QED) is 0.535. The van der Waals surface area contributed by atoms with Crippen molar-refractivity contribution in [3.05, 3.63) is 46.3 Å². The van der Waals surface area contributed by atoms with Gasteiger partial charge >= 0.3 is 6.18 Å². The lowest BCUT2D eigenvalue weighted by Gasteiger charge is -2.10. The zero-order valence-corrected chi connectivity index (χ0v) is 18.4. The number of nitrogens with zero attached hydrogens (tertiary/aromatic N) is 6. The van der Waals surface area contributed by atoms with E-state index in [4.69, 9.17) is 11.6 Å². The molecular weight excluding hydrogens is 465 g/mol. The molecule has 10 nitrogen and oxygen atoms in total. The van der Waals surface area contributed by atoms with Gasteiger partial charge in [0, 0.05) is 38.3 Å². The standard InChI is InChI=1S/C19H20ClF3N8O2/c1-29-8-10(6-25-29)5-24-18(33)16-12(7-26-30(16)2)27-13(32)9-31-15(11-3-4-11)14(20)17(28-31)19(21,22)23/h6-8,11H,3-5,9H2,1-2H3,(H,24,33)(H,27,32). The second-order valence-corrected chi connectivity index (χ2v) is 8.14. The van der Waals surface area contributed by atoms with Gasteiger partial charge in [-0.1, -0.05) is 11.6 Å². The van der Waals surface area contributed by atoms with E-state index in [1.165, 1.54) is 17.9 Å². The SMILES string of the molecule is Cn1cc(CNC(=O)c2c(NC(=O)Cn3nc(C(F)(F)F)c(Cl)c3C3CC3)cnn2C)cn1. The fraction of sp³-hybridized carbons (Fsp3) is 0.421. The molecule has 0 spiro atoms. The number of halogens is 4. The Labute approximate surface area is 190 Å². The molecule has 0 saturated heterocycles. The van der Waals surface area contributed by atoms with Crippen LogP contribution in [0.2, 0.25) is 5.02 Å². The molecule has 0 aliphatic heterocycles. The molecule has 0 atom stereocenters. The maximum absolute atomic E-state index is 13.2. The Morgan fingerprint density at radius 1 is 1.21 bits per heavy atom. The van der Waals surface area contributed by atoms with Crippen LogP contribution in [0.25, 0.3) is 0 Å². The second-order valence-electron chi connectivity index (χ2n) is 7.76. The zero-order chi connectivity index (χ0) is 23.9. The molecule has 1 saturated carbocycles. The van der Waals surface area contributed by atoms with Crippen molar-refractivity contribution in [2.75, 3.05) is 5.32 Å². The van der Waals surface area contributed by atoms with Crippen molar-refractivity contribution in [3.8, 4) is 0 Å². The number of aromatic nitrogens is 6. The molecule has 0 bridgehead atoms. The van der Waals surface area contributed by atoms with E-state index in [2.05, 4.69) is 25.9 Å². The van der Waals surface area contributed by atoms with E-state index in [0.717, 1.165) is 10.2 Å². The van der Waals surface area contributed by atoms with Crippen LogP contribution in [0.15, 0.2) is 18.6 Å². The highest BCUT2D eigenvalue weighted by atomic mass is 35.5. The van der Waals surface area contributed by atoms with Gasteiger partial charge in [-0.2, -0.15) is 28.5 Å². The largest absolute Gasteiger partial charge is 0.436 e. The number of hydrogen-bond acceptors (Lipinski definition) is 5. The minimum absolute atomic E-state index is 0.0872. The van der Waals surface area contributed by atoms with Crippen molar-refractivity contribution in [2.24, 2.45) is 14.1 Å². The van der Waals surface area contributed by atoms with Crippen LogP contribution in [0.3, 0.4) is 0 Å². The topological polar surface area (TPSA) is 112 Å². The van der Waals surface area contributed by atoms with E-state index in [0.29, 0.717) is 12.8 Å². The summed E-state index contributed by atoms with van der Waals surface area (Å²) < 4.78 is 43.6.